The third-order valence-corrected chi connectivity index (χ3v) is 2.58. The van der Waals surface area contributed by atoms with Gasteiger partial charge in [-0.2, -0.15) is 0 Å². The molecule has 0 aliphatic carbocycles. The molecule has 0 aliphatic heterocycles. The molecule has 0 amide bonds. The number of nitrogen functional groups attached to an aromatic ring is 1. The number of benzene rings is 2. The lowest BCUT2D eigenvalue weighted by Crippen LogP contribution is -1.96. The molecule has 0 fully saturated rings. The van der Waals surface area contributed by atoms with Crippen LogP contribution in [0.2, 0.25) is 0 Å². The Labute approximate surface area is 87.1 Å². The molecule has 2 aromatic rings. The van der Waals surface area contributed by atoms with Crippen LogP contribution in [0.15, 0.2) is 30.3 Å². The minimum atomic E-state index is -0.911. The van der Waals surface area contributed by atoms with Crippen LogP contribution in [-0.4, -0.2) is 11.1 Å². The van der Waals surface area contributed by atoms with Gasteiger partial charge in [-0.15, -0.1) is 0 Å². The summed E-state index contributed by atoms with van der Waals surface area (Å²) in [5, 5.41) is 10.7. The molecule has 0 atom stereocenters. The van der Waals surface area contributed by atoms with Crippen LogP contribution in [0.5, 0.6) is 0 Å². The zero-order chi connectivity index (χ0) is 11.0. The number of fused-ring (bicyclic) bond motifs is 1. The average Bonchev–Trinajstić information content (AvgIpc) is 2.23. The van der Waals surface area contributed by atoms with Crippen LogP contribution in [0.3, 0.4) is 0 Å². The van der Waals surface area contributed by atoms with E-state index in [9.17, 15) is 4.79 Å². The van der Waals surface area contributed by atoms with Gasteiger partial charge in [-0.05, 0) is 41.5 Å². The van der Waals surface area contributed by atoms with Gasteiger partial charge in [-0.3, -0.25) is 0 Å². The van der Waals surface area contributed by atoms with Crippen molar-refractivity contribution in [3.8, 4) is 0 Å². The van der Waals surface area contributed by atoms with Crippen LogP contribution >= 0.6 is 0 Å². The second kappa shape index (κ2) is 3.28. The maximum absolute atomic E-state index is 10.8. The molecule has 3 nitrogen and oxygen atoms in total. The third-order valence-electron chi connectivity index (χ3n) is 2.58. The fourth-order valence-corrected chi connectivity index (χ4v) is 1.64. The molecule has 0 radical (unpaired) electrons. The Bertz CT molecular complexity index is 547. The quantitative estimate of drug-likeness (QED) is 0.696. The van der Waals surface area contributed by atoms with Crippen molar-refractivity contribution in [2.45, 2.75) is 6.92 Å². The lowest BCUT2D eigenvalue weighted by molar-refractivity contribution is 0.0697. The summed E-state index contributed by atoms with van der Waals surface area (Å²) in [6.45, 7) is 1.93. The van der Waals surface area contributed by atoms with Crippen LogP contribution in [-0.2, 0) is 0 Å². The Morgan fingerprint density at radius 1 is 1.27 bits per heavy atom. The van der Waals surface area contributed by atoms with Crippen molar-refractivity contribution >= 4 is 22.4 Å². The van der Waals surface area contributed by atoms with E-state index in [1.807, 2.05) is 13.0 Å². The largest absolute Gasteiger partial charge is 0.478 e. The van der Waals surface area contributed by atoms with Crippen LogP contribution in [0.1, 0.15) is 15.9 Å². The number of rotatable bonds is 1. The van der Waals surface area contributed by atoms with Crippen molar-refractivity contribution < 1.29 is 9.90 Å². The first-order valence-corrected chi connectivity index (χ1v) is 4.62. The zero-order valence-electron chi connectivity index (χ0n) is 8.32. The Kier molecular flexibility index (Phi) is 2.08. The fraction of sp³-hybridized carbons (Fsp3) is 0.0833. The summed E-state index contributed by atoms with van der Waals surface area (Å²) in [5.74, 6) is -0.911. The highest BCUT2D eigenvalue weighted by Crippen LogP contribution is 2.24. The maximum atomic E-state index is 10.8. The Morgan fingerprint density at radius 2 is 2.00 bits per heavy atom. The van der Waals surface area contributed by atoms with Gasteiger partial charge in [0.15, 0.2) is 0 Å². The number of anilines is 1. The minimum Gasteiger partial charge on any atom is -0.478 e. The van der Waals surface area contributed by atoms with E-state index in [0.717, 1.165) is 22.0 Å². The van der Waals surface area contributed by atoms with Gasteiger partial charge in [0.1, 0.15) is 0 Å². The van der Waals surface area contributed by atoms with Crippen molar-refractivity contribution in [3.05, 3.63) is 41.5 Å². The predicted molar refractivity (Wildman–Crippen MR) is 60.1 cm³/mol. The normalized spacial score (nSPS) is 10.5. The first-order valence-electron chi connectivity index (χ1n) is 4.62. The molecular weight excluding hydrogens is 190 g/mol. The number of aryl methyl sites for hydroxylation is 1. The molecule has 0 unspecified atom stereocenters. The monoisotopic (exact) mass is 201 g/mol. The van der Waals surface area contributed by atoms with Crippen LogP contribution in [0.25, 0.3) is 10.8 Å². The fourth-order valence-electron chi connectivity index (χ4n) is 1.64. The number of carboxylic acids is 1. The van der Waals surface area contributed by atoms with Gasteiger partial charge in [0.2, 0.25) is 0 Å². The average molecular weight is 201 g/mol. The summed E-state index contributed by atoms with van der Waals surface area (Å²) in [6.07, 6.45) is 0. The number of carbonyl (C=O) groups is 1. The molecule has 2 rings (SSSR count). The van der Waals surface area contributed by atoms with Gasteiger partial charge in [0.25, 0.3) is 0 Å². The molecule has 2 aromatic carbocycles. The van der Waals surface area contributed by atoms with Crippen LogP contribution < -0.4 is 5.73 Å². The summed E-state index contributed by atoms with van der Waals surface area (Å²) in [4.78, 5) is 10.8. The number of hydrogen-bond acceptors (Lipinski definition) is 2. The van der Waals surface area contributed by atoms with Crippen LogP contribution in [0.4, 0.5) is 5.69 Å². The number of hydrogen-bond donors (Lipinski definition) is 2. The second-order valence-electron chi connectivity index (χ2n) is 3.52. The van der Waals surface area contributed by atoms with E-state index in [1.54, 1.807) is 24.3 Å². The van der Waals surface area contributed by atoms with E-state index in [4.69, 9.17) is 10.8 Å². The summed E-state index contributed by atoms with van der Waals surface area (Å²) >= 11 is 0. The van der Waals surface area contributed by atoms with E-state index >= 15 is 0 Å². The molecule has 76 valence electrons. The Hall–Kier alpha value is -2.03. The van der Waals surface area contributed by atoms with Crippen LogP contribution in [0, 0.1) is 6.92 Å². The zero-order valence-corrected chi connectivity index (χ0v) is 8.32. The number of aromatic carboxylic acids is 1. The van der Waals surface area contributed by atoms with Crippen molar-refractivity contribution in [1.82, 2.24) is 0 Å². The first kappa shape index (κ1) is 9.52. The molecule has 0 bridgehead atoms. The van der Waals surface area contributed by atoms with Gasteiger partial charge >= 0.3 is 5.97 Å². The molecule has 0 aromatic heterocycles. The van der Waals surface area contributed by atoms with Crippen molar-refractivity contribution in [2.24, 2.45) is 0 Å². The standard InChI is InChI=1S/C12H11NO2/c1-7-10-4-2-9(12(14)15)6-8(10)3-5-11(7)13/h2-6H,13H2,1H3,(H,14,15). The molecule has 3 heteroatoms. The summed E-state index contributed by atoms with van der Waals surface area (Å²) in [5.41, 5.74) is 7.78. The van der Waals surface area contributed by atoms with Gasteiger partial charge < -0.3 is 10.8 Å². The number of carboxylic acid groups (broad SMARTS) is 1. The third kappa shape index (κ3) is 1.52. The minimum absolute atomic E-state index is 0.298. The molecule has 0 spiro atoms. The lowest BCUT2D eigenvalue weighted by Gasteiger charge is -2.05. The van der Waals surface area contributed by atoms with E-state index in [1.165, 1.54) is 0 Å². The summed E-state index contributed by atoms with van der Waals surface area (Å²) in [6, 6.07) is 8.68. The first-order chi connectivity index (χ1) is 7.09. The topological polar surface area (TPSA) is 63.3 Å². The van der Waals surface area contributed by atoms with E-state index in [0.29, 0.717) is 5.56 Å². The van der Waals surface area contributed by atoms with Crippen molar-refractivity contribution in [3.63, 3.8) is 0 Å². The molecule has 0 saturated carbocycles. The Balaban J connectivity index is 2.75. The van der Waals surface area contributed by atoms with Gasteiger partial charge in [-0.25, -0.2) is 4.79 Å². The van der Waals surface area contributed by atoms with E-state index < -0.39 is 5.97 Å². The van der Waals surface area contributed by atoms with Gasteiger partial charge in [0.05, 0.1) is 5.56 Å². The van der Waals surface area contributed by atoms with E-state index in [2.05, 4.69) is 0 Å². The molecule has 3 N–H and O–H groups in total. The highest BCUT2D eigenvalue weighted by Gasteiger charge is 2.05. The van der Waals surface area contributed by atoms with Crippen molar-refractivity contribution in [1.29, 1.82) is 0 Å². The molecule has 0 saturated heterocycles. The van der Waals surface area contributed by atoms with Gasteiger partial charge in [-0.1, -0.05) is 12.1 Å². The van der Waals surface area contributed by atoms with Gasteiger partial charge in [0, 0.05) is 5.69 Å². The molecule has 0 heterocycles. The smallest absolute Gasteiger partial charge is 0.335 e. The highest BCUT2D eigenvalue weighted by atomic mass is 16.4. The highest BCUT2D eigenvalue weighted by molar-refractivity contribution is 5.96. The van der Waals surface area contributed by atoms with E-state index in [-0.39, 0.29) is 0 Å². The Morgan fingerprint density at radius 3 is 2.67 bits per heavy atom. The second-order valence-corrected chi connectivity index (χ2v) is 3.52. The molecule has 0 aliphatic rings. The SMILES string of the molecule is Cc1c(N)ccc2cc(C(=O)O)ccc12. The maximum Gasteiger partial charge on any atom is 0.335 e. The number of nitrogens with two attached hydrogens (primary N) is 1. The predicted octanol–water partition coefficient (Wildman–Crippen LogP) is 2.43. The molecular formula is C12H11NO2. The van der Waals surface area contributed by atoms with Crippen molar-refractivity contribution in [2.75, 3.05) is 5.73 Å². The molecule has 15 heavy (non-hydrogen) atoms. The summed E-state index contributed by atoms with van der Waals surface area (Å²) < 4.78 is 0. The summed E-state index contributed by atoms with van der Waals surface area (Å²) in [7, 11) is 0. The lowest BCUT2D eigenvalue weighted by atomic mass is 10.0.